The molecule has 0 bridgehead atoms. The van der Waals surface area contributed by atoms with Crippen molar-refractivity contribution in [2.24, 2.45) is 0 Å². The van der Waals surface area contributed by atoms with Crippen LogP contribution in [0.4, 0.5) is 0 Å². The van der Waals surface area contributed by atoms with Crippen LogP contribution in [0.5, 0.6) is 0 Å². The Hall–Kier alpha value is -2.34. The number of hydrogen-bond donors (Lipinski definition) is 1. The summed E-state index contributed by atoms with van der Waals surface area (Å²) in [4.78, 5) is 29.0. The van der Waals surface area contributed by atoms with Crippen molar-refractivity contribution in [1.29, 1.82) is 0 Å². The number of amides is 1. The van der Waals surface area contributed by atoms with Crippen molar-refractivity contribution in [3.63, 3.8) is 0 Å². The predicted molar refractivity (Wildman–Crippen MR) is 87.6 cm³/mol. The molecule has 1 aromatic carbocycles. The molecule has 1 amide bonds. The van der Waals surface area contributed by atoms with Crippen molar-refractivity contribution < 1.29 is 19.1 Å². The molecule has 1 aliphatic heterocycles. The summed E-state index contributed by atoms with van der Waals surface area (Å²) < 4.78 is 5.66. The molecule has 6 nitrogen and oxygen atoms in total. The number of carboxylic acid groups (broad SMARTS) is 1. The average Bonchev–Trinajstić information content (AvgIpc) is 3.22. The Morgan fingerprint density at radius 1 is 1.33 bits per heavy atom. The van der Waals surface area contributed by atoms with Gasteiger partial charge in [0.05, 0.1) is 6.20 Å². The molecule has 7 heteroatoms. The van der Waals surface area contributed by atoms with E-state index in [1.165, 1.54) is 4.90 Å². The fraction of sp³-hybridized carbons (Fsp3) is 0.353. The number of aryl methyl sites for hydroxylation is 1. The Kier molecular flexibility index (Phi) is 4.85. The minimum Gasteiger partial charge on any atom is -0.480 e. The number of aliphatic carboxylic acids is 1. The zero-order chi connectivity index (χ0) is 17.1. The summed E-state index contributed by atoms with van der Waals surface area (Å²) in [6, 6.07) is 6.50. The van der Waals surface area contributed by atoms with E-state index in [-0.39, 0.29) is 12.3 Å². The lowest BCUT2D eigenvalue weighted by atomic mass is 10.2. The van der Waals surface area contributed by atoms with Crippen LogP contribution in [0.2, 0.25) is 5.02 Å². The van der Waals surface area contributed by atoms with Crippen LogP contribution < -0.4 is 0 Å². The van der Waals surface area contributed by atoms with Crippen LogP contribution >= 0.6 is 11.6 Å². The van der Waals surface area contributed by atoms with E-state index in [4.69, 9.17) is 21.1 Å². The maximum absolute atomic E-state index is 12.2. The van der Waals surface area contributed by atoms with Crippen molar-refractivity contribution in [3.05, 3.63) is 41.4 Å². The number of halogens is 1. The first-order chi connectivity index (χ1) is 11.5. The quantitative estimate of drug-likeness (QED) is 0.898. The molecule has 2 heterocycles. The number of carbonyl (C=O) groups is 2. The average molecular weight is 349 g/mol. The van der Waals surface area contributed by atoms with Gasteiger partial charge >= 0.3 is 5.97 Å². The Bertz CT molecular complexity index is 741. The van der Waals surface area contributed by atoms with Gasteiger partial charge in [-0.3, -0.25) is 4.79 Å². The van der Waals surface area contributed by atoms with Gasteiger partial charge in [-0.15, -0.1) is 0 Å². The number of oxazole rings is 1. The first-order valence-electron chi connectivity index (χ1n) is 7.77. The largest absolute Gasteiger partial charge is 0.480 e. The molecule has 0 aliphatic carbocycles. The Labute approximate surface area is 144 Å². The molecule has 0 unspecified atom stereocenters. The molecular formula is C17H17ClN2O4. The lowest BCUT2D eigenvalue weighted by molar-refractivity contribution is -0.148. The fourth-order valence-corrected chi connectivity index (χ4v) is 2.98. The monoisotopic (exact) mass is 348 g/mol. The van der Waals surface area contributed by atoms with Gasteiger partial charge in [-0.1, -0.05) is 11.6 Å². The van der Waals surface area contributed by atoms with E-state index in [1.807, 2.05) is 12.1 Å². The van der Waals surface area contributed by atoms with Gasteiger partial charge in [-0.2, -0.15) is 0 Å². The SMILES string of the molecule is O=C(O)[C@H]1CCCN1C(=O)CCc1ncc(-c2ccc(Cl)cc2)o1. The number of benzene rings is 1. The standard InChI is InChI=1S/C17H17ClN2O4/c18-12-5-3-11(4-6-12)14-10-19-15(24-14)7-8-16(21)20-9-1-2-13(20)17(22)23/h3-6,10,13H,1-2,7-9H2,(H,22,23)/t13-/m1/s1. The maximum atomic E-state index is 12.2. The highest BCUT2D eigenvalue weighted by Gasteiger charge is 2.33. The summed E-state index contributed by atoms with van der Waals surface area (Å²) in [7, 11) is 0. The topological polar surface area (TPSA) is 83.6 Å². The second kappa shape index (κ2) is 7.05. The number of hydrogen-bond acceptors (Lipinski definition) is 4. The van der Waals surface area contributed by atoms with Crippen molar-refractivity contribution in [2.75, 3.05) is 6.54 Å². The highest BCUT2D eigenvalue weighted by molar-refractivity contribution is 6.30. The molecule has 0 spiro atoms. The van der Waals surface area contributed by atoms with E-state index in [0.29, 0.717) is 36.1 Å². The second-order valence-electron chi connectivity index (χ2n) is 5.71. The molecular weight excluding hydrogens is 332 g/mol. The van der Waals surface area contributed by atoms with Gasteiger partial charge in [-0.05, 0) is 37.1 Å². The van der Waals surface area contributed by atoms with Crippen LogP contribution in [-0.2, 0) is 16.0 Å². The van der Waals surface area contributed by atoms with Gasteiger partial charge in [0.1, 0.15) is 6.04 Å². The molecule has 1 N–H and O–H groups in total. The molecule has 1 saturated heterocycles. The Morgan fingerprint density at radius 3 is 2.79 bits per heavy atom. The third-order valence-electron chi connectivity index (χ3n) is 4.09. The van der Waals surface area contributed by atoms with E-state index in [1.54, 1.807) is 18.3 Å². The predicted octanol–water partition coefficient (Wildman–Crippen LogP) is 3.00. The highest BCUT2D eigenvalue weighted by atomic mass is 35.5. The van der Waals surface area contributed by atoms with Gasteiger partial charge in [-0.25, -0.2) is 9.78 Å². The van der Waals surface area contributed by atoms with Crippen LogP contribution in [0, 0.1) is 0 Å². The number of carboxylic acids is 1. The van der Waals surface area contributed by atoms with Gasteiger partial charge in [0, 0.05) is 30.0 Å². The zero-order valence-electron chi connectivity index (χ0n) is 12.9. The number of rotatable bonds is 5. The van der Waals surface area contributed by atoms with Crippen LogP contribution in [0.25, 0.3) is 11.3 Å². The van der Waals surface area contributed by atoms with E-state index in [9.17, 15) is 9.59 Å². The summed E-state index contributed by atoms with van der Waals surface area (Å²) in [5.41, 5.74) is 0.856. The van der Waals surface area contributed by atoms with Crippen LogP contribution in [0.15, 0.2) is 34.9 Å². The summed E-state index contributed by atoms with van der Waals surface area (Å²) >= 11 is 5.85. The van der Waals surface area contributed by atoms with E-state index in [2.05, 4.69) is 4.98 Å². The molecule has 0 saturated carbocycles. The summed E-state index contributed by atoms with van der Waals surface area (Å²) in [6.45, 7) is 0.497. The third-order valence-corrected chi connectivity index (χ3v) is 4.35. The molecule has 1 fully saturated rings. The smallest absolute Gasteiger partial charge is 0.326 e. The van der Waals surface area contributed by atoms with Gasteiger partial charge < -0.3 is 14.4 Å². The van der Waals surface area contributed by atoms with Crippen LogP contribution in [0.1, 0.15) is 25.2 Å². The minimum absolute atomic E-state index is 0.175. The highest BCUT2D eigenvalue weighted by Crippen LogP contribution is 2.23. The van der Waals surface area contributed by atoms with Crippen LogP contribution in [0.3, 0.4) is 0 Å². The number of nitrogens with zero attached hydrogens (tertiary/aromatic N) is 2. The van der Waals surface area contributed by atoms with Gasteiger partial charge in [0.2, 0.25) is 5.91 Å². The van der Waals surface area contributed by atoms with Crippen LogP contribution in [-0.4, -0.2) is 39.5 Å². The van der Waals surface area contributed by atoms with E-state index >= 15 is 0 Å². The lowest BCUT2D eigenvalue weighted by Gasteiger charge is -2.20. The van der Waals surface area contributed by atoms with Crippen molar-refractivity contribution >= 4 is 23.5 Å². The second-order valence-corrected chi connectivity index (χ2v) is 6.14. The molecule has 3 rings (SSSR count). The zero-order valence-corrected chi connectivity index (χ0v) is 13.7. The van der Waals surface area contributed by atoms with Crippen molar-refractivity contribution in [3.8, 4) is 11.3 Å². The van der Waals surface area contributed by atoms with Crippen molar-refractivity contribution in [1.82, 2.24) is 9.88 Å². The summed E-state index contributed by atoms with van der Waals surface area (Å²) in [5, 5.41) is 9.77. The van der Waals surface area contributed by atoms with Crippen molar-refractivity contribution in [2.45, 2.75) is 31.7 Å². The summed E-state index contributed by atoms with van der Waals surface area (Å²) in [5.74, 6) is -0.0498. The molecule has 2 aromatic rings. The van der Waals surface area contributed by atoms with Gasteiger partial charge in [0.15, 0.2) is 11.7 Å². The molecule has 1 aromatic heterocycles. The fourth-order valence-electron chi connectivity index (χ4n) is 2.85. The molecule has 24 heavy (non-hydrogen) atoms. The Balaban J connectivity index is 1.60. The summed E-state index contributed by atoms with van der Waals surface area (Å²) in [6.07, 6.45) is 3.38. The number of likely N-dealkylation sites (tertiary alicyclic amines) is 1. The molecule has 1 aliphatic rings. The minimum atomic E-state index is -0.943. The maximum Gasteiger partial charge on any atom is 0.326 e. The number of carbonyl (C=O) groups excluding carboxylic acids is 1. The molecule has 126 valence electrons. The normalized spacial score (nSPS) is 17.2. The van der Waals surface area contributed by atoms with E-state index < -0.39 is 12.0 Å². The molecule has 1 atom stereocenters. The first-order valence-corrected chi connectivity index (χ1v) is 8.15. The third kappa shape index (κ3) is 3.59. The lowest BCUT2D eigenvalue weighted by Crippen LogP contribution is -2.40. The Morgan fingerprint density at radius 2 is 2.08 bits per heavy atom. The first kappa shape index (κ1) is 16.5. The molecule has 0 radical (unpaired) electrons. The van der Waals surface area contributed by atoms with E-state index in [0.717, 1.165) is 12.0 Å². The number of aromatic nitrogens is 1. The van der Waals surface area contributed by atoms with Gasteiger partial charge in [0.25, 0.3) is 0 Å².